The third-order valence-electron chi connectivity index (χ3n) is 2.48. The van der Waals surface area contributed by atoms with Crippen molar-refractivity contribution >= 4 is 11.4 Å². The quantitative estimate of drug-likeness (QED) is 0.700. The zero-order valence-electron chi connectivity index (χ0n) is 9.44. The van der Waals surface area contributed by atoms with E-state index in [1.54, 1.807) is 24.5 Å². The molecule has 17 heavy (non-hydrogen) atoms. The van der Waals surface area contributed by atoms with Gasteiger partial charge in [-0.1, -0.05) is 0 Å². The topological polar surface area (TPSA) is 90.5 Å². The number of hydrogen-bond donors (Lipinski definition) is 3. The lowest BCUT2D eigenvalue weighted by molar-refractivity contribution is 0.810. The van der Waals surface area contributed by atoms with E-state index in [9.17, 15) is 0 Å². The molecule has 0 amide bonds. The van der Waals surface area contributed by atoms with Crippen molar-refractivity contribution in [2.24, 2.45) is 0 Å². The van der Waals surface area contributed by atoms with Crippen LogP contribution in [0, 0.1) is 11.3 Å². The first-order chi connectivity index (χ1) is 8.20. The maximum atomic E-state index is 8.78. The number of nitrogens with zero attached hydrogens (tertiary/aromatic N) is 2. The molecule has 0 spiro atoms. The van der Waals surface area contributed by atoms with Crippen molar-refractivity contribution < 1.29 is 0 Å². The van der Waals surface area contributed by atoms with E-state index in [-0.39, 0.29) is 6.04 Å². The number of nitrogens with one attached hydrogen (secondary N) is 2. The number of anilines is 2. The zero-order chi connectivity index (χ0) is 12.3. The van der Waals surface area contributed by atoms with Gasteiger partial charge in [-0.3, -0.25) is 0 Å². The number of nitrogens with two attached hydrogens (primary N) is 1. The smallest absolute Gasteiger partial charge is 0.128 e. The van der Waals surface area contributed by atoms with Crippen LogP contribution in [0.1, 0.15) is 24.4 Å². The second kappa shape index (κ2) is 4.58. The molecule has 0 aliphatic heterocycles. The third kappa shape index (κ3) is 2.37. The fourth-order valence-corrected chi connectivity index (χ4v) is 1.59. The van der Waals surface area contributed by atoms with Crippen molar-refractivity contribution in [1.82, 2.24) is 9.97 Å². The normalized spacial score (nSPS) is 11.8. The molecule has 4 N–H and O–H groups in total. The third-order valence-corrected chi connectivity index (χ3v) is 2.48. The Morgan fingerprint density at radius 1 is 1.53 bits per heavy atom. The monoisotopic (exact) mass is 227 g/mol. The number of aromatic amines is 1. The summed E-state index contributed by atoms with van der Waals surface area (Å²) < 4.78 is 0. The van der Waals surface area contributed by atoms with Crippen molar-refractivity contribution in [1.29, 1.82) is 5.26 Å². The largest absolute Gasteiger partial charge is 0.398 e. The molecule has 1 aromatic heterocycles. The van der Waals surface area contributed by atoms with Crippen molar-refractivity contribution in [3.63, 3.8) is 0 Å². The summed E-state index contributed by atoms with van der Waals surface area (Å²) in [5.41, 5.74) is 7.57. The number of H-pyrrole nitrogens is 1. The van der Waals surface area contributed by atoms with E-state index in [1.165, 1.54) is 0 Å². The number of imidazole rings is 1. The van der Waals surface area contributed by atoms with E-state index in [0.29, 0.717) is 11.3 Å². The molecule has 5 heteroatoms. The summed E-state index contributed by atoms with van der Waals surface area (Å²) in [5, 5.41) is 12.0. The maximum absolute atomic E-state index is 8.78. The molecule has 1 aromatic carbocycles. The summed E-state index contributed by atoms with van der Waals surface area (Å²) in [6.45, 7) is 1.99. The first kappa shape index (κ1) is 11.0. The van der Waals surface area contributed by atoms with Gasteiger partial charge < -0.3 is 16.0 Å². The van der Waals surface area contributed by atoms with Crippen LogP contribution in [-0.2, 0) is 0 Å². The van der Waals surface area contributed by atoms with E-state index >= 15 is 0 Å². The molecule has 0 saturated carbocycles. The highest BCUT2D eigenvalue weighted by atomic mass is 15.0. The van der Waals surface area contributed by atoms with Crippen LogP contribution >= 0.6 is 0 Å². The van der Waals surface area contributed by atoms with Gasteiger partial charge >= 0.3 is 0 Å². The molecule has 1 atom stereocenters. The average Bonchev–Trinajstić information content (AvgIpc) is 2.82. The highest BCUT2D eigenvalue weighted by Crippen LogP contribution is 2.21. The Balaban J connectivity index is 2.15. The van der Waals surface area contributed by atoms with Crippen LogP contribution in [0.15, 0.2) is 30.6 Å². The summed E-state index contributed by atoms with van der Waals surface area (Å²) in [4.78, 5) is 7.20. The summed E-state index contributed by atoms with van der Waals surface area (Å²) >= 11 is 0. The standard InChI is InChI=1S/C12H13N5/c1-8(12-15-4-5-16-12)17-10-3-2-9(7-13)11(14)6-10/h2-6,8,17H,14H2,1H3,(H,15,16). The summed E-state index contributed by atoms with van der Waals surface area (Å²) in [6.07, 6.45) is 3.49. The first-order valence-corrected chi connectivity index (χ1v) is 5.26. The summed E-state index contributed by atoms with van der Waals surface area (Å²) in [7, 11) is 0. The Bertz CT molecular complexity index is 539. The predicted molar refractivity (Wildman–Crippen MR) is 66.2 cm³/mol. The molecule has 0 saturated heterocycles. The van der Waals surface area contributed by atoms with Crippen molar-refractivity contribution in [2.45, 2.75) is 13.0 Å². The molecule has 0 fully saturated rings. The van der Waals surface area contributed by atoms with Gasteiger partial charge in [0, 0.05) is 18.1 Å². The lowest BCUT2D eigenvalue weighted by Crippen LogP contribution is -2.08. The van der Waals surface area contributed by atoms with E-state index in [2.05, 4.69) is 15.3 Å². The summed E-state index contributed by atoms with van der Waals surface area (Å²) in [6, 6.07) is 7.36. The van der Waals surface area contributed by atoms with Gasteiger partial charge in [0.25, 0.3) is 0 Å². The van der Waals surface area contributed by atoms with Crippen molar-refractivity contribution in [3.8, 4) is 6.07 Å². The van der Waals surface area contributed by atoms with E-state index in [1.807, 2.05) is 19.1 Å². The number of aromatic nitrogens is 2. The van der Waals surface area contributed by atoms with Crippen molar-refractivity contribution in [2.75, 3.05) is 11.1 Å². The van der Waals surface area contributed by atoms with Gasteiger partial charge in [0.05, 0.1) is 17.3 Å². The Labute approximate surface area is 99.3 Å². The zero-order valence-corrected chi connectivity index (χ0v) is 9.44. The lowest BCUT2D eigenvalue weighted by Gasteiger charge is -2.13. The van der Waals surface area contributed by atoms with Gasteiger partial charge in [0.1, 0.15) is 11.9 Å². The second-order valence-corrected chi connectivity index (χ2v) is 3.75. The molecule has 86 valence electrons. The van der Waals surface area contributed by atoms with E-state index < -0.39 is 0 Å². The molecule has 0 aliphatic carbocycles. The van der Waals surface area contributed by atoms with Crippen molar-refractivity contribution in [3.05, 3.63) is 42.0 Å². The number of hydrogen-bond acceptors (Lipinski definition) is 4. The molecular weight excluding hydrogens is 214 g/mol. The fraction of sp³-hybridized carbons (Fsp3) is 0.167. The van der Waals surface area contributed by atoms with Gasteiger partial charge in [-0.05, 0) is 25.1 Å². The van der Waals surface area contributed by atoms with Crippen LogP contribution in [0.4, 0.5) is 11.4 Å². The average molecular weight is 227 g/mol. The van der Waals surface area contributed by atoms with Crippen LogP contribution < -0.4 is 11.1 Å². The number of rotatable bonds is 3. The number of nitriles is 1. The highest BCUT2D eigenvalue weighted by molar-refractivity contribution is 5.62. The number of nitrogen functional groups attached to an aromatic ring is 1. The second-order valence-electron chi connectivity index (χ2n) is 3.75. The van der Waals surface area contributed by atoms with Crippen LogP contribution in [-0.4, -0.2) is 9.97 Å². The lowest BCUT2D eigenvalue weighted by atomic mass is 10.1. The minimum atomic E-state index is 0.0531. The molecule has 0 bridgehead atoms. The van der Waals surface area contributed by atoms with Crippen LogP contribution in [0.5, 0.6) is 0 Å². The molecule has 1 unspecified atom stereocenters. The van der Waals surface area contributed by atoms with Gasteiger partial charge in [-0.25, -0.2) is 4.98 Å². The summed E-state index contributed by atoms with van der Waals surface area (Å²) in [5.74, 6) is 0.855. The van der Waals surface area contributed by atoms with Crippen LogP contribution in [0.2, 0.25) is 0 Å². The highest BCUT2D eigenvalue weighted by Gasteiger charge is 2.08. The molecule has 2 rings (SSSR count). The number of benzene rings is 1. The Kier molecular flexibility index (Phi) is 2.97. The minimum absolute atomic E-state index is 0.0531. The maximum Gasteiger partial charge on any atom is 0.128 e. The Morgan fingerprint density at radius 2 is 2.35 bits per heavy atom. The Hall–Kier alpha value is -2.48. The fourth-order valence-electron chi connectivity index (χ4n) is 1.59. The minimum Gasteiger partial charge on any atom is -0.398 e. The molecular formula is C12H13N5. The molecule has 0 aliphatic rings. The SMILES string of the molecule is CC(Nc1ccc(C#N)c(N)c1)c1ncc[nH]1. The Morgan fingerprint density at radius 3 is 2.94 bits per heavy atom. The van der Waals surface area contributed by atoms with E-state index in [0.717, 1.165) is 11.5 Å². The van der Waals surface area contributed by atoms with Gasteiger partial charge in [-0.2, -0.15) is 5.26 Å². The molecule has 2 aromatic rings. The molecule has 0 radical (unpaired) electrons. The molecule has 1 heterocycles. The van der Waals surface area contributed by atoms with Gasteiger partial charge in [0.15, 0.2) is 0 Å². The van der Waals surface area contributed by atoms with Gasteiger partial charge in [0.2, 0.25) is 0 Å². The van der Waals surface area contributed by atoms with Crippen LogP contribution in [0.25, 0.3) is 0 Å². The van der Waals surface area contributed by atoms with Gasteiger partial charge in [-0.15, -0.1) is 0 Å². The predicted octanol–water partition coefficient (Wildman–Crippen LogP) is 2.04. The van der Waals surface area contributed by atoms with E-state index in [4.69, 9.17) is 11.0 Å². The molecule has 5 nitrogen and oxygen atoms in total. The first-order valence-electron chi connectivity index (χ1n) is 5.26. The van der Waals surface area contributed by atoms with Crippen LogP contribution in [0.3, 0.4) is 0 Å².